The maximum absolute atomic E-state index is 6.04. The Kier molecular flexibility index (Phi) is 5.90. The minimum absolute atomic E-state index is 0.225. The SMILES string of the molecule is Cc1cc(N[C@H]2CCCNC2)nc(N=C(N)Nc2ccc(Cl)c(C)c2)n1. The van der Waals surface area contributed by atoms with Gasteiger partial charge < -0.3 is 21.7 Å². The number of aliphatic imine (C=N–C) groups is 1. The molecule has 0 amide bonds. The van der Waals surface area contributed by atoms with Crippen LogP contribution in [0.25, 0.3) is 0 Å². The maximum atomic E-state index is 6.04. The van der Waals surface area contributed by atoms with Crippen LogP contribution in [0.2, 0.25) is 5.02 Å². The predicted molar refractivity (Wildman–Crippen MR) is 107 cm³/mol. The van der Waals surface area contributed by atoms with E-state index in [4.69, 9.17) is 17.3 Å². The van der Waals surface area contributed by atoms with Crippen molar-refractivity contribution in [1.82, 2.24) is 15.3 Å². The van der Waals surface area contributed by atoms with E-state index in [1.165, 1.54) is 0 Å². The Bertz CT molecular complexity index is 800. The number of nitrogens with two attached hydrogens (primary N) is 1. The van der Waals surface area contributed by atoms with Crippen molar-refractivity contribution in [3.8, 4) is 0 Å². The first kappa shape index (κ1) is 18.4. The second-order valence-electron chi connectivity index (χ2n) is 6.47. The Morgan fingerprint density at radius 2 is 2.15 bits per heavy atom. The van der Waals surface area contributed by atoms with Gasteiger partial charge in [-0.2, -0.15) is 9.98 Å². The quantitative estimate of drug-likeness (QED) is 0.485. The number of hydrogen-bond donors (Lipinski definition) is 4. The van der Waals surface area contributed by atoms with E-state index in [1.54, 1.807) is 0 Å². The molecule has 1 saturated heterocycles. The maximum Gasteiger partial charge on any atom is 0.254 e. The fourth-order valence-corrected chi connectivity index (χ4v) is 2.98. The third-order valence-electron chi connectivity index (χ3n) is 4.14. The zero-order valence-corrected chi connectivity index (χ0v) is 15.8. The van der Waals surface area contributed by atoms with Crippen molar-refractivity contribution in [2.24, 2.45) is 10.7 Å². The van der Waals surface area contributed by atoms with E-state index >= 15 is 0 Å². The summed E-state index contributed by atoms with van der Waals surface area (Å²) >= 11 is 6.04. The van der Waals surface area contributed by atoms with E-state index < -0.39 is 0 Å². The van der Waals surface area contributed by atoms with Crippen LogP contribution in [0, 0.1) is 13.8 Å². The molecule has 0 spiro atoms. The Morgan fingerprint density at radius 1 is 1.31 bits per heavy atom. The smallest absolute Gasteiger partial charge is 0.254 e. The first-order chi connectivity index (χ1) is 12.5. The van der Waals surface area contributed by atoms with Crippen LogP contribution in [0.15, 0.2) is 29.3 Å². The third-order valence-corrected chi connectivity index (χ3v) is 4.57. The van der Waals surface area contributed by atoms with Crippen molar-refractivity contribution in [3.63, 3.8) is 0 Å². The number of hydrogen-bond acceptors (Lipinski definition) is 5. The molecule has 26 heavy (non-hydrogen) atoms. The summed E-state index contributed by atoms with van der Waals surface area (Å²) in [6, 6.07) is 7.85. The lowest BCUT2D eigenvalue weighted by atomic mass is 10.1. The average molecular weight is 374 g/mol. The number of nitrogens with zero attached hydrogens (tertiary/aromatic N) is 3. The topological polar surface area (TPSA) is 100 Å². The van der Waals surface area contributed by atoms with Crippen molar-refractivity contribution in [2.75, 3.05) is 23.7 Å². The molecule has 3 rings (SSSR count). The Balaban J connectivity index is 1.72. The molecule has 1 fully saturated rings. The summed E-state index contributed by atoms with van der Waals surface area (Å²) in [4.78, 5) is 13.1. The van der Waals surface area contributed by atoms with Gasteiger partial charge in [-0.15, -0.1) is 0 Å². The Morgan fingerprint density at radius 3 is 2.88 bits per heavy atom. The zero-order valence-electron chi connectivity index (χ0n) is 15.0. The Labute approximate surface area is 158 Å². The molecule has 0 aliphatic carbocycles. The van der Waals surface area contributed by atoms with Gasteiger partial charge in [-0.3, -0.25) is 0 Å². The molecule has 1 aliphatic rings. The number of guanidine groups is 1. The van der Waals surface area contributed by atoms with Crippen LogP contribution in [0.4, 0.5) is 17.5 Å². The molecule has 5 N–H and O–H groups in total. The highest BCUT2D eigenvalue weighted by Crippen LogP contribution is 2.20. The number of aromatic nitrogens is 2. The van der Waals surface area contributed by atoms with Gasteiger partial charge in [0.25, 0.3) is 5.95 Å². The third kappa shape index (κ3) is 5.06. The van der Waals surface area contributed by atoms with Gasteiger partial charge in [0.1, 0.15) is 5.82 Å². The number of rotatable bonds is 4. The molecule has 1 aromatic carbocycles. The number of aryl methyl sites for hydroxylation is 2. The molecule has 0 saturated carbocycles. The second-order valence-corrected chi connectivity index (χ2v) is 6.88. The summed E-state index contributed by atoms with van der Waals surface area (Å²) in [5.74, 6) is 1.31. The van der Waals surface area contributed by atoms with Crippen LogP contribution in [-0.4, -0.2) is 35.1 Å². The lowest BCUT2D eigenvalue weighted by Gasteiger charge is -2.24. The average Bonchev–Trinajstić information content (AvgIpc) is 2.58. The summed E-state index contributed by atoms with van der Waals surface area (Å²) in [5, 5.41) is 10.6. The largest absolute Gasteiger partial charge is 0.369 e. The summed E-state index contributed by atoms with van der Waals surface area (Å²) < 4.78 is 0. The number of halogens is 1. The fraction of sp³-hybridized carbons (Fsp3) is 0.389. The standard InChI is InChI=1S/C18H24ClN7/c1-11-8-13(5-6-15(11)19)24-17(20)26-18-22-12(2)9-16(25-18)23-14-4-3-7-21-10-14/h5-6,8-9,14,21H,3-4,7,10H2,1-2H3,(H4,20,22,23,24,25,26)/t14-/m0/s1. The van der Waals surface area contributed by atoms with E-state index in [1.807, 2.05) is 38.1 Å². The van der Waals surface area contributed by atoms with Crippen molar-refractivity contribution in [3.05, 3.63) is 40.5 Å². The van der Waals surface area contributed by atoms with E-state index in [0.717, 1.165) is 48.7 Å². The highest BCUT2D eigenvalue weighted by atomic mass is 35.5. The number of benzene rings is 1. The summed E-state index contributed by atoms with van der Waals surface area (Å²) in [6.07, 6.45) is 2.28. The molecule has 1 aromatic heterocycles. The van der Waals surface area contributed by atoms with E-state index in [9.17, 15) is 0 Å². The lowest BCUT2D eigenvalue weighted by molar-refractivity contribution is 0.479. The van der Waals surface area contributed by atoms with Crippen LogP contribution in [0.1, 0.15) is 24.1 Å². The first-order valence-electron chi connectivity index (χ1n) is 8.70. The molecule has 0 radical (unpaired) electrons. The van der Waals surface area contributed by atoms with Gasteiger partial charge >= 0.3 is 0 Å². The second kappa shape index (κ2) is 8.33. The molecular formula is C18H24ClN7. The van der Waals surface area contributed by atoms with E-state index in [0.29, 0.717) is 17.0 Å². The molecule has 1 atom stereocenters. The highest BCUT2D eigenvalue weighted by molar-refractivity contribution is 6.31. The van der Waals surface area contributed by atoms with Gasteiger partial charge in [-0.1, -0.05) is 11.6 Å². The number of nitrogens with one attached hydrogen (secondary N) is 3. The Hall–Kier alpha value is -2.38. The molecule has 138 valence electrons. The summed E-state index contributed by atoms with van der Waals surface area (Å²) in [6.45, 7) is 5.85. The minimum Gasteiger partial charge on any atom is -0.369 e. The molecule has 1 aliphatic heterocycles. The van der Waals surface area contributed by atoms with Gasteiger partial charge in [0, 0.05) is 35.1 Å². The van der Waals surface area contributed by atoms with Crippen LogP contribution in [-0.2, 0) is 0 Å². The van der Waals surface area contributed by atoms with E-state index in [-0.39, 0.29) is 5.96 Å². The van der Waals surface area contributed by atoms with Gasteiger partial charge in [-0.25, -0.2) is 4.98 Å². The zero-order chi connectivity index (χ0) is 18.5. The molecule has 2 aromatic rings. The molecule has 8 heteroatoms. The first-order valence-corrected chi connectivity index (χ1v) is 9.07. The van der Waals surface area contributed by atoms with Crippen molar-refractivity contribution < 1.29 is 0 Å². The predicted octanol–water partition coefficient (Wildman–Crippen LogP) is 2.97. The van der Waals surface area contributed by atoms with Crippen molar-refractivity contribution in [2.45, 2.75) is 32.7 Å². The van der Waals surface area contributed by atoms with Gasteiger partial charge in [0.2, 0.25) is 5.96 Å². The normalized spacial score (nSPS) is 17.8. The van der Waals surface area contributed by atoms with Crippen LogP contribution in [0.5, 0.6) is 0 Å². The highest BCUT2D eigenvalue weighted by Gasteiger charge is 2.13. The van der Waals surface area contributed by atoms with Crippen molar-refractivity contribution in [1.29, 1.82) is 0 Å². The molecule has 0 unspecified atom stereocenters. The molecule has 7 nitrogen and oxygen atoms in total. The van der Waals surface area contributed by atoms with Gasteiger partial charge in [0.15, 0.2) is 0 Å². The fourth-order valence-electron chi connectivity index (χ4n) is 2.87. The number of piperidine rings is 1. The molecular weight excluding hydrogens is 350 g/mol. The summed E-state index contributed by atoms with van der Waals surface area (Å²) in [7, 11) is 0. The van der Waals surface area contributed by atoms with Crippen LogP contribution >= 0.6 is 11.6 Å². The monoisotopic (exact) mass is 373 g/mol. The molecule has 0 bridgehead atoms. The number of anilines is 2. The summed E-state index contributed by atoms with van der Waals surface area (Å²) in [5.41, 5.74) is 8.61. The van der Waals surface area contributed by atoms with Gasteiger partial charge in [0.05, 0.1) is 0 Å². The lowest BCUT2D eigenvalue weighted by Crippen LogP contribution is -2.38. The van der Waals surface area contributed by atoms with Crippen LogP contribution in [0.3, 0.4) is 0 Å². The minimum atomic E-state index is 0.225. The molecule has 2 heterocycles. The van der Waals surface area contributed by atoms with E-state index in [2.05, 4.69) is 30.9 Å². The van der Waals surface area contributed by atoms with Crippen LogP contribution < -0.4 is 21.7 Å². The van der Waals surface area contributed by atoms with Gasteiger partial charge in [-0.05, 0) is 57.0 Å². The van der Waals surface area contributed by atoms with Crippen molar-refractivity contribution >= 4 is 35.0 Å².